The lowest BCUT2D eigenvalue weighted by molar-refractivity contribution is -0.384. The number of carbonyl (C=O) groups is 1. The summed E-state index contributed by atoms with van der Waals surface area (Å²) in [6, 6.07) is 6.17. The molecule has 5 nitrogen and oxygen atoms in total. The minimum Gasteiger partial charge on any atom is -0.359 e. The van der Waals surface area contributed by atoms with Crippen LogP contribution < -0.4 is 5.32 Å². The molecule has 1 N–H and O–H groups in total. The third-order valence-electron chi connectivity index (χ3n) is 2.84. The number of carbonyl (C=O) groups excluding carboxylic acids is 1. The number of nitro groups is 1. The Balaban J connectivity index is 2.10. The molecular formula is C13H14N2O3. The standard InChI is InChI=1S/C13H14N2O3/c1-9-6-11(8-13(16)7-9)14-10-2-4-12(5-3-10)15(17)18/h2-5,8-9,14H,6-7H2,1H3. The lowest BCUT2D eigenvalue weighted by atomic mass is 9.93. The molecule has 1 aliphatic carbocycles. The van der Waals surface area contributed by atoms with E-state index in [2.05, 4.69) is 5.32 Å². The lowest BCUT2D eigenvalue weighted by Crippen LogP contribution is -2.15. The summed E-state index contributed by atoms with van der Waals surface area (Å²) >= 11 is 0. The molecule has 0 aromatic heterocycles. The zero-order chi connectivity index (χ0) is 13.1. The largest absolute Gasteiger partial charge is 0.359 e. The predicted molar refractivity (Wildman–Crippen MR) is 68.2 cm³/mol. The maximum Gasteiger partial charge on any atom is 0.269 e. The molecule has 18 heavy (non-hydrogen) atoms. The number of benzene rings is 1. The molecule has 0 saturated heterocycles. The van der Waals surface area contributed by atoms with Crippen LogP contribution in [0.2, 0.25) is 0 Å². The molecule has 0 fully saturated rings. The van der Waals surface area contributed by atoms with Crippen molar-refractivity contribution in [3.05, 3.63) is 46.2 Å². The van der Waals surface area contributed by atoms with E-state index in [0.717, 1.165) is 17.8 Å². The minimum atomic E-state index is -0.435. The quantitative estimate of drug-likeness (QED) is 0.657. The Kier molecular flexibility index (Phi) is 3.41. The number of ketones is 1. The molecule has 2 rings (SSSR count). The Morgan fingerprint density at radius 2 is 1.94 bits per heavy atom. The van der Waals surface area contributed by atoms with E-state index in [1.54, 1.807) is 18.2 Å². The summed E-state index contributed by atoms with van der Waals surface area (Å²) < 4.78 is 0. The number of nitrogens with one attached hydrogen (secondary N) is 1. The fourth-order valence-corrected chi connectivity index (χ4v) is 2.04. The molecule has 0 amide bonds. The summed E-state index contributed by atoms with van der Waals surface area (Å²) in [5.41, 5.74) is 1.68. The Bertz CT molecular complexity index is 505. The summed E-state index contributed by atoms with van der Waals surface area (Å²) in [4.78, 5) is 21.5. The van der Waals surface area contributed by atoms with Crippen LogP contribution in [0.25, 0.3) is 0 Å². The second-order valence-corrected chi connectivity index (χ2v) is 4.58. The second-order valence-electron chi connectivity index (χ2n) is 4.58. The van der Waals surface area contributed by atoms with Crippen molar-refractivity contribution in [3.63, 3.8) is 0 Å². The predicted octanol–water partition coefficient (Wildman–Crippen LogP) is 2.89. The summed E-state index contributed by atoms with van der Waals surface area (Å²) in [7, 11) is 0. The molecule has 1 aromatic carbocycles. The van der Waals surface area contributed by atoms with E-state index in [1.165, 1.54) is 12.1 Å². The summed E-state index contributed by atoms with van der Waals surface area (Å²) in [6.07, 6.45) is 3.02. The first-order valence-corrected chi connectivity index (χ1v) is 5.79. The fourth-order valence-electron chi connectivity index (χ4n) is 2.04. The molecule has 1 atom stereocenters. The highest BCUT2D eigenvalue weighted by molar-refractivity contribution is 5.91. The number of nitrogens with zero attached hydrogens (tertiary/aromatic N) is 1. The highest BCUT2D eigenvalue weighted by atomic mass is 16.6. The van der Waals surface area contributed by atoms with Crippen LogP contribution in [0.5, 0.6) is 0 Å². The van der Waals surface area contributed by atoms with Gasteiger partial charge < -0.3 is 5.32 Å². The van der Waals surface area contributed by atoms with Gasteiger partial charge in [-0.05, 0) is 24.5 Å². The SMILES string of the molecule is CC1CC(=O)C=C(Nc2ccc([N+](=O)[O-])cc2)C1. The van der Waals surface area contributed by atoms with E-state index >= 15 is 0 Å². The Labute approximate surface area is 105 Å². The smallest absolute Gasteiger partial charge is 0.269 e. The van der Waals surface area contributed by atoms with Crippen LogP contribution in [0.3, 0.4) is 0 Å². The summed E-state index contributed by atoms with van der Waals surface area (Å²) in [6.45, 7) is 2.03. The van der Waals surface area contributed by atoms with Gasteiger partial charge in [-0.3, -0.25) is 14.9 Å². The van der Waals surface area contributed by atoms with E-state index in [9.17, 15) is 14.9 Å². The molecule has 0 radical (unpaired) electrons. The number of non-ortho nitro benzene ring substituents is 1. The first-order valence-electron chi connectivity index (χ1n) is 5.79. The van der Waals surface area contributed by atoms with Crippen LogP contribution in [-0.2, 0) is 4.79 Å². The molecular weight excluding hydrogens is 232 g/mol. The van der Waals surface area contributed by atoms with Gasteiger partial charge in [0.25, 0.3) is 5.69 Å². The van der Waals surface area contributed by atoms with Gasteiger partial charge in [0.15, 0.2) is 5.78 Å². The monoisotopic (exact) mass is 246 g/mol. The molecule has 0 heterocycles. The van der Waals surface area contributed by atoms with Gasteiger partial charge in [-0.25, -0.2) is 0 Å². The van der Waals surface area contributed by atoms with Crippen molar-refractivity contribution in [2.75, 3.05) is 5.32 Å². The molecule has 1 aromatic rings. The first kappa shape index (κ1) is 12.3. The highest BCUT2D eigenvalue weighted by Gasteiger charge is 2.16. The van der Waals surface area contributed by atoms with Crippen molar-refractivity contribution in [1.82, 2.24) is 0 Å². The van der Waals surface area contributed by atoms with Crippen molar-refractivity contribution in [1.29, 1.82) is 0 Å². The van der Waals surface area contributed by atoms with Gasteiger partial charge in [0.1, 0.15) is 0 Å². The zero-order valence-electron chi connectivity index (χ0n) is 10.1. The number of anilines is 1. The van der Waals surface area contributed by atoms with Crippen LogP contribution in [0.15, 0.2) is 36.0 Å². The Morgan fingerprint density at radius 1 is 1.28 bits per heavy atom. The third kappa shape index (κ3) is 2.94. The summed E-state index contributed by atoms with van der Waals surface area (Å²) in [5.74, 6) is 0.459. The van der Waals surface area contributed by atoms with Crippen LogP contribution in [-0.4, -0.2) is 10.7 Å². The van der Waals surface area contributed by atoms with E-state index in [1.807, 2.05) is 6.92 Å². The van der Waals surface area contributed by atoms with Gasteiger partial charge >= 0.3 is 0 Å². The van der Waals surface area contributed by atoms with Crippen LogP contribution in [0.1, 0.15) is 19.8 Å². The van der Waals surface area contributed by atoms with Gasteiger partial charge in [-0.1, -0.05) is 6.92 Å². The van der Waals surface area contributed by atoms with Gasteiger partial charge in [0, 0.05) is 36.0 Å². The fraction of sp³-hybridized carbons (Fsp3) is 0.308. The van der Waals surface area contributed by atoms with Crippen LogP contribution in [0.4, 0.5) is 11.4 Å². The minimum absolute atomic E-state index is 0.0580. The number of nitro benzene ring substituents is 1. The van der Waals surface area contributed by atoms with Crippen molar-refractivity contribution < 1.29 is 9.72 Å². The number of hydrogen-bond donors (Lipinski definition) is 1. The maximum absolute atomic E-state index is 11.4. The van der Waals surface area contributed by atoms with Crippen LogP contribution >= 0.6 is 0 Å². The molecule has 1 aliphatic rings. The molecule has 0 spiro atoms. The average Bonchev–Trinajstić information content (AvgIpc) is 2.28. The highest BCUT2D eigenvalue weighted by Crippen LogP contribution is 2.24. The lowest BCUT2D eigenvalue weighted by Gasteiger charge is -2.19. The summed E-state index contributed by atoms with van der Waals surface area (Å²) in [5, 5.41) is 13.6. The van der Waals surface area contributed by atoms with E-state index in [-0.39, 0.29) is 11.5 Å². The molecule has 0 aliphatic heterocycles. The van der Waals surface area contributed by atoms with E-state index < -0.39 is 4.92 Å². The van der Waals surface area contributed by atoms with Crippen molar-refractivity contribution in [2.24, 2.45) is 5.92 Å². The van der Waals surface area contributed by atoms with Gasteiger partial charge in [-0.15, -0.1) is 0 Å². The number of allylic oxidation sites excluding steroid dienone is 2. The van der Waals surface area contributed by atoms with Crippen LogP contribution in [0, 0.1) is 16.0 Å². The number of rotatable bonds is 3. The molecule has 5 heteroatoms. The van der Waals surface area contributed by atoms with Gasteiger partial charge in [-0.2, -0.15) is 0 Å². The Hall–Kier alpha value is -2.17. The maximum atomic E-state index is 11.4. The average molecular weight is 246 g/mol. The third-order valence-corrected chi connectivity index (χ3v) is 2.84. The zero-order valence-corrected chi connectivity index (χ0v) is 10.1. The second kappa shape index (κ2) is 5.00. The van der Waals surface area contributed by atoms with Crippen molar-refractivity contribution >= 4 is 17.2 Å². The topological polar surface area (TPSA) is 72.2 Å². The van der Waals surface area contributed by atoms with Gasteiger partial charge in [0.05, 0.1) is 4.92 Å². The Morgan fingerprint density at radius 3 is 2.50 bits per heavy atom. The molecule has 94 valence electrons. The van der Waals surface area contributed by atoms with E-state index in [0.29, 0.717) is 12.3 Å². The van der Waals surface area contributed by atoms with Gasteiger partial charge in [0.2, 0.25) is 0 Å². The van der Waals surface area contributed by atoms with Crippen molar-refractivity contribution in [3.8, 4) is 0 Å². The molecule has 1 unspecified atom stereocenters. The molecule has 0 saturated carbocycles. The first-order chi connectivity index (χ1) is 8.54. The van der Waals surface area contributed by atoms with Crippen molar-refractivity contribution in [2.45, 2.75) is 19.8 Å². The van der Waals surface area contributed by atoms with E-state index in [4.69, 9.17) is 0 Å². The number of hydrogen-bond acceptors (Lipinski definition) is 4. The normalized spacial score (nSPS) is 19.3. The molecule has 0 bridgehead atoms.